The fourth-order valence-corrected chi connectivity index (χ4v) is 3.99. The summed E-state index contributed by atoms with van der Waals surface area (Å²) in [7, 11) is 0. The number of nitrogens with one attached hydrogen (secondary N) is 1. The molecule has 1 fully saturated rings. The smallest absolute Gasteiger partial charge is 0.224 e. The highest BCUT2D eigenvalue weighted by molar-refractivity contribution is 5.68. The van der Waals surface area contributed by atoms with Crippen molar-refractivity contribution < 1.29 is 4.74 Å². The topological polar surface area (TPSA) is 90.6 Å². The lowest BCUT2D eigenvalue weighted by atomic mass is 10.1. The molecule has 1 aliphatic rings. The van der Waals surface area contributed by atoms with E-state index in [1.54, 1.807) is 4.68 Å². The van der Waals surface area contributed by atoms with Crippen LogP contribution in [-0.4, -0.2) is 49.2 Å². The van der Waals surface area contributed by atoms with E-state index in [1.807, 2.05) is 30.5 Å². The molecular weight excluding hydrogens is 426 g/mol. The number of anilines is 1. The number of rotatable bonds is 7. The number of ether oxygens (including phenoxy) is 1. The summed E-state index contributed by atoms with van der Waals surface area (Å²) >= 11 is 0. The summed E-state index contributed by atoms with van der Waals surface area (Å²) in [5, 5.41) is 12.2. The van der Waals surface area contributed by atoms with E-state index in [2.05, 4.69) is 60.7 Å². The standard InChI is InChI=1S/C26H29N7O/c1-17(2)22-9-5-8-20(27-22)14-33-15-25(31-32-33)24-13-23(19-7-4-6-18(3)12-19)29-26(30-24)28-21-10-11-34-16-21/h4-9,12-13,15,17,21H,10-11,14,16H2,1-3H3,(H,28,29,30)/t21-/m0/s1. The molecule has 8 heteroatoms. The van der Waals surface area contributed by atoms with E-state index in [9.17, 15) is 0 Å². The van der Waals surface area contributed by atoms with Crippen LogP contribution in [0.15, 0.2) is 54.7 Å². The lowest BCUT2D eigenvalue weighted by Crippen LogP contribution is -2.20. The van der Waals surface area contributed by atoms with E-state index in [0.29, 0.717) is 30.7 Å². The highest BCUT2D eigenvalue weighted by Crippen LogP contribution is 2.25. The number of benzene rings is 1. The number of pyridine rings is 1. The van der Waals surface area contributed by atoms with Gasteiger partial charge in [-0.2, -0.15) is 0 Å². The summed E-state index contributed by atoms with van der Waals surface area (Å²) in [6.45, 7) is 8.32. The van der Waals surface area contributed by atoms with Gasteiger partial charge in [0.1, 0.15) is 5.69 Å². The number of hydrogen-bond acceptors (Lipinski definition) is 7. The second-order valence-electron chi connectivity index (χ2n) is 9.05. The molecule has 4 heterocycles. The van der Waals surface area contributed by atoms with Gasteiger partial charge in [0.25, 0.3) is 0 Å². The Morgan fingerprint density at radius 3 is 2.68 bits per heavy atom. The predicted molar refractivity (Wildman–Crippen MR) is 131 cm³/mol. The summed E-state index contributed by atoms with van der Waals surface area (Å²) < 4.78 is 7.31. The molecule has 34 heavy (non-hydrogen) atoms. The molecule has 0 unspecified atom stereocenters. The molecule has 174 valence electrons. The largest absolute Gasteiger partial charge is 0.379 e. The summed E-state index contributed by atoms with van der Waals surface area (Å²) in [5.74, 6) is 0.953. The molecule has 3 aromatic heterocycles. The molecule has 4 aromatic rings. The molecule has 0 saturated carbocycles. The number of aryl methyl sites for hydroxylation is 1. The van der Waals surface area contributed by atoms with Crippen molar-refractivity contribution in [1.82, 2.24) is 29.9 Å². The van der Waals surface area contributed by atoms with E-state index in [4.69, 9.17) is 19.7 Å². The maximum absolute atomic E-state index is 5.51. The minimum absolute atomic E-state index is 0.204. The monoisotopic (exact) mass is 455 g/mol. The fraction of sp³-hybridized carbons (Fsp3) is 0.346. The third-order valence-corrected chi connectivity index (χ3v) is 5.85. The summed E-state index contributed by atoms with van der Waals surface area (Å²) in [6.07, 6.45) is 2.85. The van der Waals surface area contributed by atoms with Crippen LogP contribution in [0, 0.1) is 6.92 Å². The molecule has 1 aromatic carbocycles. The van der Waals surface area contributed by atoms with E-state index >= 15 is 0 Å². The SMILES string of the molecule is Cc1cccc(-c2cc(-c3cn(Cc4cccc(C(C)C)n4)nn3)nc(N[C@H]3CCOC3)n2)c1. The highest BCUT2D eigenvalue weighted by atomic mass is 16.5. The zero-order valence-electron chi connectivity index (χ0n) is 19.8. The summed E-state index contributed by atoms with van der Waals surface area (Å²) in [6, 6.07) is 16.6. The first-order valence-corrected chi connectivity index (χ1v) is 11.7. The van der Waals surface area contributed by atoms with Gasteiger partial charge in [-0.25, -0.2) is 14.6 Å². The Bertz CT molecular complexity index is 1280. The molecule has 0 aliphatic carbocycles. The lowest BCUT2D eigenvalue weighted by molar-refractivity contribution is 0.195. The molecule has 0 radical (unpaired) electrons. The van der Waals surface area contributed by atoms with Crippen LogP contribution in [-0.2, 0) is 11.3 Å². The van der Waals surface area contributed by atoms with Crippen molar-refractivity contribution in [3.05, 3.63) is 71.7 Å². The van der Waals surface area contributed by atoms with E-state index in [0.717, 1.165) is 41.4 Å². The third-order valence-electron chi connectivity index (χ3n) is 5.85. The zero-order valence-corrected chi connectivity index (χ0v) is 19.8. The van der Waals surface area contributed by atoms with E-state index < -0.39 is 0 Å². The Labute approximate surface area is 199 Å². The Kier molecular flexibility index (Phi) is 6.31. The lowest BCUT2D eigenvalue weighted by Gasteiger charge is -2.13. The van der Waals surface area contributed by atoms with Crippen LogP contribution < -0.4 is 5.32 Å². The Hall–Kier alpha value is -3.65. The van der Waals surface area contributed by atoms with Crippen LogP contribution in [0.3, 0.4) is 0 Å². The molecule has 0 amide bonds. The average Bonchev–Trinajstić information content (AvgIpc) is 3.51. The number of aromatic nitrogens is 6. The van der Waals surface area contributed by atoms with Gasteiger partial charge in [-0.05, 0) is 43.5 Å². The van der Waals surface area contributed by atoms with Gasteiger partial charge in [-0.15, -0.1) is 5.10 Å². The van der Waals surface area contributed by atoms with E-state index in [-0.39, 0.29) is 6.04 Å². The molecule has 8 nitrogen and oxygen atoms in total. The predicted octanol–water partition coefficient (Wildman–Crippen LogP) is 4.48. The molecule has 1 saturated heterocycles. The van der Waals surface area contributed by atoms with Crippen molar-refractivity contribution in [2.24, 2.45) is 0 Å². The van der Waals surface area contributed by atoms with Crippen LogP contribution in [0.4, 0.5) is 5.95 Å². The van der Waals surface area contributed by atoms with Gasteiger partial charge in [0.15, 0.2) is 0 Å². The molecule has 5 rings (SSSR count). The second kappa shape index (κ2) is 9.69. The van der Waals surface area contributed by atoms with Crippen molar-refractivity contribution in [3.8, 4) is 22.6 Å². The van der Waals surface area contributed by atoms with Crippen molar-refractivity contribution in [1.29, 1.82) is 0 Å². The summed E-state index contributed by atoms with van der Waals surface area (Å²) in [4.78, 5) is 14.3. The Morgan fingerprint density at radius 2 is 1.88 bits per heavy atom. The van der Waals surface area contributed by atoms with Gasteiger partial charge >= 0.3 is 0 Å². The van der Waals surface area contributed by atoms with Crippen LogP contribution in [0.25, 0.3) is 22.6 Å². The Balaban J connectivity index is 1.46. The maximum atomic E-state index is 5.51. The fourth-order valence-electron chi connectivity index (χ4n) is 3.99. The van der Waals surface area contributed by atoms with Crippen molar-refractivity contribution in [2.75, 3.05) is 18.5 Å². The van der Waals surface area contributed by atoms with Gasteiger partial charge in [0, 0.05) is 17.9 Å². The van der Waals surface area contributed by atoms with Crippen LogP contribution in [0.1, 0.15) is 43.1 Å². The number of hydrogen-bond donors (Lipinski definition) is 1. The normalized spacial score (nSPS) is 15.7. The van der Waals surface area contributed by atoms with Gasteiger partial charge < -0.3 is 10.1 Å². The first-order valence-electron chi connectivity index (χ1n) is 11.7. The average molecular weight is 456 g/mol. The molecule has 0 spiro atoms. The summed E-state index contributed by atoms with van der Waals surface area (Å²) in [5.41, 5.74) is 6.51. The second-order valence-corrected chi connectivity index (χ2v) is 9.05. The van der Waals surface area contributed by atoms with Crippen molar-refractivity contribution in [3.63, 3.8) is 0 Å². The first-order chi connectivity index (χ1) is 16.5. The Morgan fingerprint density at radius 1 is 1.03 bits per heavy atom. The van der Waals surface area contributed by atoms with Crippen molar-refractivity contribution in [2.45, 2.75) is 45.7 Å². The van der Waals surface area contributed by atoms with E-state index in [1.165, 1.54) is 5.56 Å². The third kappa shape index (κ3) is 5.12. The van der Waals surface area contributed by atoms with Gasteiger partial charge in [-0.1, -0.05) is 48.9 Å². The van der Waals surface area contributed by atoms with Crippen molar-refractivity contribution >= 4 is 5.95 Å². The van der Waals surface area contributed by atoms with Gasteiger partial charge in [0.05, 0.1) is 42.5 Å². The molecule has 1 atom stereocenters. The number of nitrogens with zero attached hydrogens (tertiary/aromatic N) is 6. The minimum atomic E-state index is 0.204. The molecule has 1 aliphatic heterocycles. The van der Waals surface area contributed by atoms with Gasteiger partial charge in [0.2, 0.25) is 5.95 Å². The molecule has 0 bridgehead atoms. The van der Waals surface area contributed by atoms with Crippen LogP contribution in [0.5, 0.6) is 0 Å². The van der Waals surface area contributed by atoms with Crippen LogP contribution in [0.2, 0.25) is 0 Å². The first kappa shape index (κ1) is 22.2. The maximum Gasteiger partial charge on any atom is 0.224 e. The molecule has 1 N–H and O–H groups in total. The minimum Gasteiger partial charge on any atom is -0.379 e. The zero-order chi connectivity index (χ0) is 23.5. The molecular formula is C26H29N7O. The quantitative estimate of drug-likeness (QED) is 0.439. The highest BCUT2D eigenvalue weighted by Gasteiger charge is 2.18. The van der Waals surface area contributed by atoms with Gasteiger partial charge in [-0.3, -0.25) is 4.98 Å². The van der Waals surface area contributed by atoms with Crippen LogP contribution >= 0.6 is 0 Å².